The third kappa shape index (κ3) is 7.15. The molecule has 3 N–H and O–H groups in total. The first-order valence-corrected chi connectivity index (χ1v) is 7.73. The molecule has 23 heavy (non-hydrogen) atoms. The summed E-state index contributed by atoms with van der Waals surface area (Å²) in [5.74, 6) is -1.56. The minimum absolute atomic E-state index is 0.0274. The van der Waals surface area contributed by atoms with Gasteiger partial charge in [-0.2, -0.15) is 0 Å². The van der Waals surface area contributed by atoms with Crippen LogP contribution >= 0.6 is 11.6 Å². The molecule has 1 unspecified atom stereocenters. The van der Waals surface area contributed by atoms with E-state index in [0.29, 0.717) is 17.0 Å². The van der Waals surface area contributed by atoms with Crippen molar-refractivity contribution in [1.29, 1.82) is 0 Å². The predicted octanol–water partition coefficient (Wildman–Crippen LogP) is 2.08. The third-order valence-electron chi connectivity index (χ3n) is 3.07. The number of hydrogen-bond acceptors (Lipinski definition) is 3. The summed E-state index contributed by atoms with van der Waals surface area (Å²) in [6.07, 6.45) is 0.295. The molecular formula is C16H21ClN2O4. The van der Waals surface area contributed by atoms with E-state index in [1.807, 2.05) is 13.8 Å². The Hall–Kier alpha value is -2.08. The lowest BCUT2D eigenvalue weighted by atomic mass is 10.0. The van der Waals surface area contributed by atoms with Crippen LogP contribution in [-0.4, -0.2) is 35.5 Å². The fraction of sp³-hybridized carbons (Fsp3) is 0.438. The van der Waals surface area contributed by atoms with E-state index in [2.05, 4.69) is 10.6 Å². The van der Waals surface area contributed by atoms with Crippen LogP contribution in [0, 0.1) is 5.92 Å². The van der Waals surface area contributed by atoms with Crippen LogP contribution in [0.1, 0.15) is 37.0 Å². The van der Waals surface area contributed by atoms with Gasteiger partial charge in [0.15, 0.2) is 0 Å². The Morgan fingerprint density at radius 2 is 1.78 bits per heavy atom. The molecule has 2 amide bonds. The van der Waals surface area contributed by atoms with Crippen molar-refractivity contribution in [3.63, 3.8) is 0 Å². The van der Waals surface area contributed by atoms with Gasteiger partial charge in [-0.05, 0) is 36.6 Å². The first kappa shape index (κ1) is 19.0. The van der Waals surface area contributed by atoms with Gasteiger partial charge in [0, 0.05) is 17.1 Å². The molecule has 0 aliphatic heterocycles. The van der Waals surface area contributed by atoms with Gasteiger partial charge in [-0.25, -0.2) is 0 Å². The summed E-state index contributed by atoms with van der Waals surface area (Å²) in [6, 6.07) is 5.63. The maximum Gasteiger partial charge on any atom is 0.305 e. The van der Waals surface area contributed by atoms with Gasteiger partial charge in [-0.1, -0.05) is 25.4 Å². The molecule has 1 aromatic rings. The van der Waals surface area contributed by atoms with Gasteiger partial charge in [-0.3, -0.25) is 14.4 Å². The van der Waals surface area contributed by atoms with Crippen LogP contribution in [0.4, 0.5) is 0 Å². The summed E-state index contributed by atoms with van der Waals surface area (Å²) in [5.41, 5.74) is 0.404. The Bertz CT molecular complexity index is 558. The van der Waals surface area contributed by atoms with Crippen molar-refractivity contribution in [2.75, 3.05) is 6.54 Å². The van der Waals surface area contributed by atoms with E-state index >= 15 is 0 Å². The molecule has 0 bridgehead atoms. The number of rotatable bonds is 8. The van der Waals surface area contributed by atoms with Crippen molar-refractivity contribution >= 4 is 29.4 Å². The maximum atomic E-state index is 12.2. The molecule has 126 valence electrons. The quantitative estimate of drug-likeness (QED) is 0.675. The average Bonchev–Trinajstić information content (AvgIpc) is 2.46. The fourth-order valence-corrected chi connectivity index (χ4v) is 2.09. The number of nitrogens with one attached hydrogen (secondary N) is 2. The standard InChI is InChI=1S/C16H21ClN2O4/c1-10(2)9-13(16(23)18-8-7-14(20)21)19-15(22)11-3-5-12(17)6-4-11/h3-6,10,13H,7-9H2,1-2H3,(H,18,23)(H,19,22)(H,20,21). The number of carboxylic acid groups (broad SMARTS) is 1. The zero-order valence-electron chi connectivity index (χ0n) is 13.1. The maximum absolute atomic E-state index is 12.2. The topological polar surface area (TPSA) is 95.5 Å². The minimum atomic E-state index is -0.990. The van der Waals surface area contributed by atoms with Crippen molar-refractivity contribution in [3.8, 4) is 0 Å². The minimum Gasteiger partial charge on any atom is -0.481 e. The highest BCUT2D eigenvalue weighted by Gasteiger charge is 2.22. The van der Waals surface area contributed by atoms with Crippen LogP contribution in [0.5, 0.6) is 0 Å². The second-order valence-electron chi connectivity index (χ2n) is 5.60. The molecule has 0 fully saturated rings. The third-order valence-corrected chi connectivity index (χ3v) is 3.33. The van der Waals surface area contributed by atoms with Crippen LogP contribution in [0.2, 0.25) is 5.02 Å². The number of carbonyl (C=O) groups is 3. The Labute approximate surface area is 140 Å². The Morgan fingerprint density at radius 3 is 2.30 bits per heavy atom. The summed E-state index contributed by atoms with van der Waals surface area (Å²) in [4.78, 5) is 34.8. The molecule has 1 atom stereocenters. The molecule has 6 nitrogen and oxygen atoms in total. The van der Waals surface area contributed by atoms with E-state index in [0.717, 1.165) is 0 Å². The summed E-state index contributed by atoms with van der Waals surface area (Å²) in [5, 5.41) is 14.3. The van der Waals surface area contributed by atoms with E-state index in [-0.39, 0.29) is 30.7 Å². The number of carbonyl (C=O) groups excluding carboxylic acids is 2. The summed E-state index contributed by atoms with van der Waals surface area (Å²) >= 11 is 5.78. The van der Waals surface area contributed by atoms with Crippen molar-refractivity contribution in [2.45, 2.75) is 32.7 Å². The SMILES string of the molecule is CC(C)CC(NC(=O)c1ccc(Cl)cc1)C(=O)NCCC(=O)O. The van der Waals surface area contributed by atoms with Crippen molar-refractivity contribution in [1.82, 2.24) is 10.6 Å². The zero-order chi connectivity index (χ0) is 17.4. The molecule has 1 rings (SSSR count). The highest BCUT2D eigenvalue weighted by molar-refractivity contribution is 6.30. The summed E-state index contributed by atoms with van der Waals surface area (Å²) in [7, 11) is 0. The van der Waals surface area contributed by atoms with Crippen LogP contribution in [0.15, 0.2) is 24.3 Å². The van der Waals surface area contributed by atoms with Crippen LogP contribution < -0.4 is 10.6 Å². The molecule has 0 spiro atoms. The second kappa shape index (κ2) is 9.15. The van der Waals surface area contributed by atoms with Crippen molar-refractivity contribution < 1.29 is 19.5 Å². The van der Waals surface area contributed by atoms with Gasteiger partial charge in [0.05, 0.1) is 6.42 Å². The summed E-state index contributed by atoms with van der Waals surface area (Å²) in [6.45, 7) is 3.90. The monoisotopic (exact) mass is 340 g/mol. The van der Waals surface area contributed by atoms with Gasteiger partial charge < -0.3 is 15.7 Å². The van der Waals surface area contributed by atoms with Crippen LogP contribution in [0.25, 0.3) is 0 Å². The largest absolute Gasteiger partial charge is 0.481 e. The van der Waals surface area contributed by atoms with E-state index in [4.69, 9.17) is 16.7 Å². The molecule has 0 radical (unpaired) electrons. The first-order chi connectivity index (χ1) is 10.8. The molecule has 0 saturated carbocycles. The van der Waals surface area contributed by atoms with Gasteiger partial charge in [-0.15, -0.1) is 0 Å². The molecule has 7 heteroatoms. The smallest absolute Gasteiger partial charge is 0.305 e. The lowest BCUT2D eigenvalue weighted by molar-refractivity contribution is -0.137. The van der Waals surface area contributed by atoms with Crippen LogP contribution in [-0.2, 0) is 9.59 Å². The second-order valence-corrected chi connectivity index (χ2v) is 6.03. The van der Waals surface area contributed by atoms with Gasteiger partial charge in [0.25, 0.3) is 5.91 Å². The average molecular weight is 341 g/mol. The van der Waals surface area contributed by atoms with Gasteiger partial charge >= 0.3 is 5.97 Å². The molecule has 0 heterocycles. The number of halogens is 1. The normalized spacial score (nSPS) is 11.8. The number of benzene rings is 1. The lowest BCUT2D eigenvalue weighted by Gasteiger charge is -2.20. The molecule has 0 aliphatic rings. The van der Waals surface area contributed by atoms with Crippen molar-refractivity contribution in [2.24, 2.45) is 5.92 Å². The van der Waals surface area contributed by atoms with Crippen molar-refractivity contribution in [3.05, 3.63) is 34.9 Å². The number of aliphatic carboxylic acids is 1. The lowest BCUT2D eigenvalue weighted by Crippen LogP contribution is -2.47. The predicted molar refractivity (Wildman–Crippen MR) is 87.4 cm³/mol. The van der Waals surface area contributed by atoms with Crippen LogP contribution in [0.3, 0.4) is 0 Å². The van der Waals surface area contributed by atoms with Gasteiger partial charge in [0.1, 0.15) is 6.04 Å². The zero-order valence-corrected chi connectivity index (χ0v) is 13.9. The molecular weight excluding hydrogens is 320 g/mol. The highest BCUT2D eigenvalue weighted by Crippen LogP contribution is 2.11. The Morgan fingerprint density at radius 1 is 1.17 bits per heavy atom. The first-order valence-electron chi connectivity index (χ1n) is 7.35. The van der Waals surface area contributed by atoms with E-state index < -0.39 is 12.0 Å². The molecule has 1 aromatic carbocycles. The Kier molecular flexibility index (Phi) is 7.54. The molecule has 0 aromatic heterocycles. The summed E-state index contributed by atoms with van der Waals surface area (Å²) < 4.78 is 0. The highest BCUT2D eigenvalue weighted by atomic mass is 35.5. The molecule has 0 saturated heterocycles. The number of amides is 2. The molecule has 0 aliphatic carbocycles. The Balaban J connectivity index is 2.69. The number of carboxylic acids is 1. The van der Waals surface area contributed by atoms with Gasteiger partial charge in [0.2, 0.25) is 5.91 Å². The number of hydrogen-bond donors (Lipinski definition) is 3. The van der Waals surface area contributed by atoms with E-state index in [1.54, 1.807) is 24.3 Å². The van der Waals surface area contributed by atoms with E-state index in [1.165, 1.54) is 0 Å². The fourth-order valence-electron chi connectivity index (χ4n) is 1.96. The van der Waals surface area contributed by atoms with E-state index in [9.17, 15) is 14.4 Å².